The molecule has 0 saturated carbocycles. The molecular formula is C14H13N3O2S. The summed E-state index contributed by atoms with van der Waals surface area (Å²) in [5, 5.41) is 0.561. The zero-order valence-corrected chi connectivity index (χ0v) is 11.3. The Balaban J connectivity index is 1.94. The first-order chi connectivity index (χ1) is 9.68. The van der Waals surface area contributed by atoms with Crippen LogP contribution < -0.4 is 10.6 Å². The van der Waals surface area contributed by atoms with Gasteiger partial charge in [0.05, 0.1) is 0 Å². The predicted octanol–water partition coefficient (Wildman–Crippen LogP) is 2.42. The van der Waals surface area contributed by atoms with Gasteiger partial charge in [-0.1, -0.05) is 36.4 Å². The Hall–Kier alpha value is -2.31. The smallest absolute Gasteiger partial charge is 0.276 e. The fourth-order valence-corrected chi connectivity index (χ4v) is 2.05. The van der Waals surface area contributed by atoms with Crippen molar-refractivity contribution in [3.63, 3.8) is 0 Å². The molecule has 0 fully saturated rings. The van der Waals surface area contributed by atoms with Gasteiger partial charge in [0.2, 0.25) is 0 Å². The summed E-state index contributed by atoms with van der Waals surface area (Å²) in [5.74, 6) is 4.96. The van der Waals surface area contributed by atoms with Crippen molar-refractivity contribution >= 4 is 23.9 Å². The number of imide groups is 1. The van der Waals surface area contributed by atoms with Gasteiger partial charge in [-0.3, -0.25) is 9.52 Å². The Morgan fingerprint density at radius 3 is 2.10 bits per heavy atom. The van der Waals surface area contributed by atoms with Gasteiger partial charge in [-0.15, -0.1) is 0 Å². The number of nitrogens with zero attached hydrogens (tertiary/aromatic N) is 1. The fraction of sp³-hybridized carbons (Fsp3) is 0. The number of carbonyl (C=O) groups excluding carboxylic acids is 2. The molecule has 3 N–H and O–H groups in total. The predicted molar refractivity (Wildman–Crippen MR) is 77.6 cm³/mol. The molecule has 0 bridgehead atoms. The summed E-state index contributed by atoms with van der Waals surface area (Å²) in [4.78, 5) is 24.6. The molecule has 0 aliphatic heterocycles. The highest BCUT2D eigenvalue weighted by atomic mass is 32.2. The molecule has 0 saturated heterocycles. The van der Waals surface area contributed by atoms with E-state index in [9.17, 15) is 9.59 Å². The summed E-state index contributed by atoms with van der Waals surface area (Å²) < 4.78 is 2.51. The van der Waals surface area contributed by atoms with Gasteiger partial charge in [-0.25, -0.2) is 10.6 Å². The molecular weight excluding hydrogens is 274 g/mol. The number of nitrogens with two attached hydrogens (primary N) is 1. The lowest BCUT2D eigenvalue weighted by molar-refractivity contribution is 0.0805. The Kier molecular flexibility index (Phi) is 4.75. The summed E-state index contributed by atoms with van der Waals surface area (Å²) in [6.45, 7) is 0. The van der Waals surface area contributed by atoms with Crippen molar-refractivity contribution in [2.75, 3.05) is 0 Å². The molecule has 6 heteroatoms. The van der Waals surface area contributed by atoms with Crippen LogP contribution in [0.1, 0.15) is 10.4 Å². The van der Waals surface area contributed by atoms with Crippen LogP contribution in [0.3, 0.4) is 0 Å². The molecule has 0 aliphatic carbocycles. The molecule has 2 aromatic carbocycles. The minimum absolute atomic E-state index is 0.356. The standard InChI is InChI=1S/C14H13N3O2S/c15-17(13(18)11-7-3-1-4-8-11)14(19)16-20-12-9-5-2-6-10-12/h1-10H,15H2,(H,16,19). The van der Waals surface area contributed by atoms with Gasteiger partial charge in [-0.2, -0.15) is 5.01 Å². The zero-order chi connectivity index (χ0) is 14.4. The minimum atomic E-state index is -0.673. The third kappa shape index (κ3) is 3.59. The van der Waals surface area contributed by atoms with Gasteiger partial charge < -0.3 is 0 Å². The SMILES string of the molecule is NN(C(=O)NSc1ccccc1)C(=O)c1ccccc1. The van der Waals surface area contributed by atoms with Crippen LogP contribution in [-0.2, 0) is 0 Å². The highest BCUT2D eigenvalue weighted by Gasteiger charge is 2.19. The minimum Gasteiger partial charge on any atom is -0.276 e. The Labute approximate surface area is 120 Å². The first-order valence-electron chi connectivity index (χ1n) is 5.84. The lowest BCUT2D eigenvalue weighted by Crippen LogP contribution is -2.46. The topological polar surface area (TPSA) is 75.4 Å². The fourth-order valence-electron chi connectivity index (χ4n) is 1.45. The number of hydrogen-bond donors (Lipinski definition) is 2. The normalized spacial score (nSPS) is 9.85. The molecule has 2 rings (SSSR count). The summed E-state index contributed by atoms with van der Waals surface area (Å²) >= 11 is 1.10. The third-order valence-electron chi connectivity index (χ3n) is 2.46. The molecule has 0 aromatic heterocycles. The molecule has 102 valence electrons. The van der Waals surface area contributed by atoms with Crippen molar-refractivity contribution in [3.8, 4) is 0 Å². The van der Waals surface area contributed by atoms with Crippen LogP contribution in [-0.4, -0.2) is 16.9 Å². The summed E-state index contributed by atoms with van der Waals surface area (Å²) in [7, 11) is 0. The number of benzene rings is 2. The second-order valence-corrected chi connectivity index (χ2v) is 4.74. The average molecular weight is 287 g/mol. The van der Waals surface area contributed by atoms with Crippen molar-refractivity contribution in [3.05, 3.63) is 66.2 Å². The van der Waals surface area contributed by atoms with Crippen LogP contribution in [0.4, 0.5) is 4.79 Å². The van der Waals surface area contributed by atoms with E-state index in [0.29, 0.717) is 10.6 Å². The molecule has 0 radical (unpaired) electrons. The van der Waals surface area contributed by atoms with Crippen LogP contribution in [0.25, 0.3) is 0 Å². The molecule has 5 nitrogen and oxygen atoms in total. The average Bonchev–Trinajstić information content (AvgIpc) is 2.53. The van der Waals surface area contributed by atoms with E-state index in [1.807, 2.05) is 30.3 Å². The zero-order valence-electron chi connectivity index (χ0n) is 10.5. The number of carbonyl (C=O) groups is 2. The molecule has 0 heterocycles. The van der Waals surface area contributed by atoms with Crippen LogP contribution in [0.5, 0.6) is 0 Å². The summed E-state index contributed by atoms with van der Waals surface area (Å²) in [5.41, 5.74) is 0.356. The monoisotopic (exact) mass is 287 g/mol. The maximum Gasteiger partial charge on any atom is 0.349 e. The Bertz CT molecular complexity index is 590. The maximum absolute atomic E-state index is 11.9. The quantitative estimate of drug-likeness (QED) is 0.393. The van der Waals surface area contributed by atoms with Crippen molar-refractivity contribution in [1.29, 1.82) is 0 Å². The van der Waals surface area contributed by atoms with E-state index in [2.05, 4.69) is 4.72 Å². The molecule has 0 unspecified atom stereocenters. The second kappa shape index (κ2) is 6.74. The molecule has 0 aliphatic rings. The van der Waals surface area contributed by atoms with Gasteiger partial charge in [0.25, 0.3) is 5.91 Å². The maximum atomic E-state index is 11.9. The van der Waals surface area contributed by atoms with Crippen molar-refractivity contribution in [2.24, 2.45) is 5.84 Å². The number of nitrogens with one attached hydrogen (secondary N) is 1. The number of rotatable bonds is 3. The first kappa shape index (κ1) is 14.1. The largest absolute Gasteiger partial charge is 0.349 e. The summed E-state index contributed by atoms with van der Waals surface area (Å²) in [6, 6.07) is 17.0. The van der Waals surface area contributed by atoms with Crippen LogP contribution in [0, 0.1) is 0 Å². The molecule has 3 amide bonds. The van der Waals surface area contributed by atoms with E-state index >= 15 is 0 Å². The number of urea groups is 1. The van der Waals surface area contributed by atoms with Gasteiger partial charge in [0.1, 0.15) is 0 Å². The lowest BCUT2D eigenvalue weighted by Gasteiger charge is -2.15. The van der Waals surface area contributed by atoms with Crippen LogP contribution in [0.2, 0.25) is 0 Å². The first-order valence-corrected chi connectivity index (χ1v) is 6.66. The van der Waals surface area contributed by atoms with E-state index in [1.54, 1.807) is 30.3 Å². The number of hydrazine groups is 1. The van der Waals surface area contributed by atoms with E-state index < -0.39 is 11.9 Å². The van der Waals surface area contributed by atoms with Crippen LogP contribution >= 0.6 is 11.9 Å². The van der Waals surface area contributed by atoms with Gasteiger partial charge in [0.15, 0.2) is 0 Å². The third-order valence-corrected chi connectivity index (χ3v) is 3.24. The van der Waals surface area contributed by atoms with Crippen molar-refractivity contribution in [1.82, 2.24) is 9.73 Å². The number of hydrogen-bond acceptors (Lipinski definition) is 4. The van der Waals surface area contributed by atoms with Crippen LogP contribution in [0.15, 0.2) is 65.6 Å². The van der Waals surface area contributed by atoms with E-state index in [-0.39, 0.29) is 0 Å². The summed E-state index contributed by atoms with van der Waals surface area (Å²) in [6.07, 6.45) is 0. The van der Waals surface area contributed by atoms with Gasteiger partial charge >= 0.3 is 6.03 Å². The molecule has 0 atom stereocenters. The van der Waals surface area contributed by atoms with E-state index in [0.717, 1.165) is 16.8 Å². The molecule has 0 spiro atoms. The van der Waals surface area contributed by atoms with E-state index in [4.69, 9.17) is 5.84 Å². The van der Waals surface area contributed by atoms with Gasteiger partial charge in [-0.05, 0) is 36.2 Å². The Morgan fingerprint density at radius 1 is 0.950 bits per heavy atom. The van der Waals surface area contributed by atoms with Crippen molar-refractivity contribution < 1.29 is 9.59 Å². The van der Waals surface area contributed by atoms with E-state index in [1.165, 1.54) is 0 Å². The number of amides is 3. The molecule has 2 aromatic rings. The second-order valence-electron chi connectivity index (χ2n) is 3.86. The van der Waals surface area contributed by atoms with Crippen molar-refractivity contribution in [2.45, 2.75) is 4.90 Å². The Morgan fingerprint density at radius 2 is 1.50 bits per heavy atom. The molecule has 20 heavy (non-hydrogen) atoms. The lowest BCUT2D eigenvalue weighted by atomic mass is 10.2. The van der Waals surface area contributed by atoms with Gasteiger partial charge in [0, 0.05) is 10.5 Å². The highest BCUT2D eigenvalue weighted by molar-refractivity contribution is 7.98. The highest BCUT2D eigenvalue weighted by Crippen LogP contribution is 2.13.